The number of rotatable bonds is 2. The molecule has 0 fully saturated rings. The molecule has 0 saturated heterocycles. The lowest BCUT2D eigenvalue weighted by atomic mass is 10.0. The Kier molecular flexibility index (Phi) is 3.68. The van der Waals surface area contributed by atoms with Crippen molar-refractivity contribution in [2.45, 2.75) is 28.8 Å². The van der Waals surface area contributed by atoms with Crippen molar-refractivity contribution in [2.75, 3.05) is 5.32 Å². The Bertz CT molecular complexity index is 535. The van der Waals surface area contributed by atoms with Gasteiger partial charge in [-0.25, -0.2) is 0 Å². The van der Waals surface area contributed by atoms with E-state index in [1.165, 1.54) is 21.9 Å². The molecule has 94 valence electrons. The summed E-state index contributed by atoms with van der Waals surface area (Å²) in [6.07, 6.45) is 1.18. The molecule has 2 heterocycles. The second-order valence-electron chi connectivity index (χ2n) is 4.53. The van der Waals surface area contributed by atoms with E-state index in [2.05, 4.69) is 63.9 Å². The third-order valence-corrected chi connectivity index (χ3v) is 5.97. The van der Waals surface area contributed by atoms with E-state index in [-0.39, 0.29) is 0 Å². The monoisotopic (exact) mass is 339 g/mol. The molecule has 3 rings (SSSR count). The van der Waals surface area contributed by atoms with Crippen LogP contribution in [0.15, 0.2) is 44.4 Å². The van der Waals surface area contributed by atoms with Gasteiger partial charge in [0, 0.05) is 15.4 Å². The van der Waals surface area contributed by atoms with E-state index >= 15 is 0 Å². The molecule has 0 bridgehead atoms. The Balaban J connectivity index is 1.83. The molecule has 1 aliphatic rings. The number of fused-ring (bicyclic) bond motifs is 1. The number of hydrogen-bond donors (Lipinski definition) is 1. The quantitative estimate of drug-likeness (QED) is 0.769. The molecule has 4 heteroatoms. The van der Waals surface area contributed by atoms with Crippen molar-refractivity contribution in [1.82, 2.24) is 0 Å². The van der Waals surface area contributed by atoms with Crippen molar-refractivity contribution in [1.29, 1.82) is 0 Å². The normalized spacial score (nSPS) is 22.6. The molecule has 1 unspecified atom stereocenters. The molecule has 0 amide bonds. The van der Waals surface area contributed by atoms with Crippen LogP contribution in [0.1, 0.15) is 24.9 Å². The molecule has 2 atom stereocenters. The second-order valence-corrected chi connectivity index (χ2v) is 8.07. The molecule has 1 aliphatic heterocycles. The summed E-state index contributed by atoms with van der Waals surface area (Å²) in [5, 5.41) is 6.54. The number of thioether (sulfide) groups is 1. The third-order valence-electron chi connectivity index (χ3n) is 3.09. The van der Waals surface area contributed by atoms with E-state index in [0.717, 1.165) is 4.47 Å². The highest BCUT2D eigenvalue weighted by molar-refractivity contribution is 9.10. The number of hydrogen-bond acceptors (Lipinski definition) is 3. The first-order valence-electron chi connectivity index (χ1n) is 5.98. The summed E-state index contributed by atoms with van der Waals surface area (Å²) < 4.78 is 2.60. The van der Waals surface area contributed by atoms with E-state index in [1.54, 1.807) is 0 Å². The van der Waals surface area contributed by atoms with Crippen molar-refractivity contribution >= 4 is 44.7 Å². The van der Waals surface area contributed by atoms with Crippen molar-refractivity contribution < 1.29 is 0 Å². The summed E-state index contributed by atoms with van der Waals surface area (Å²) in [6, 6.07) is 11.1. The average Bonchev–Trinajstić information content (AvgIpc) is 2.80. The lowest BCUT2D eigenvalue weighted by Gasteiger charge is -2.28. The fraction of sp³-hybridized carbons (Fsp3) is 0.286. The highest BCUT2D eigenvalue weighted by Gasteiger charge is 2.25. The van der Waals surface area contributed by atoms with Crippen molar-refractivity contribution in [3.05, 3.63) is 45.7 Å². The van der Waals surface area contributed by atoms with Gasteiger partial charge in [0.1, 0.15) is 0 Å². The largest absolute Gasteiger partial charge is 0.378 e. The van der Waals surface area contributed by atoms with Crippen LogP contribution in [0.2, 0.25) is 0 Å². The van der Waals surface area contributed by atoms with Gasteiger partial charge in [0.05, 0.1) is 10.3 Å². The Morgan fingerprint density at radius 3 is 2.78 bits per heavy atom. The fourth-order valence-corrected chi connectivity index (χ4v) is 5.06. The molecule has 1 nitrogen and oxygen atoms in total. The predicted molar refractivity (Wildman–Crippen MR) is 84.8 cm³/mol. The number of anilines is 1. The fourth-order valence-electron chi connectivity index (χ4n) is 2.23. The molecule has 18 heavy (non-hydrogen) atoms. The van der Waals surface area contributed by atoms with Crippen LogP contribution in [0.25, 0.3) is 0 Å². The second kappa shape index (κ2) is 5.27. The van der Waals surface area contributed by atoms with E-state index in [4.69, 9.17) is 0 Å². The first kappa shape index (κ1) is 12.6. The summed E-state index contributed by atoms with van der Waals surface area (Å²) in [5.74, 6) is 0. The number of thiophene rings is 1. The number of halogens is 1. The summed E-state index contributed by atoms with van der Waals surface area (Å²) in [6.45, 7) is 2.31. The zero-order valence-corrected chi connectivity index (χ0v) is 13.2. The molecule has 2 aromatic rings. The van der Waals surface area contributed by atoms with Gasteiger partial charge in [0.2, 0.25) is 0 Å². The molecular formula is C14H14BrNS2. The van der Waals surface area contributed by atoms with E-state index in [1.807, 2.05) is 23.1 Å². The van der Waals surface area contributed by atoms with Crippen LogP contribution >= 0.6 is 39.0 Å². The Labute approximate surface area is 124 Å². The molecule has 0 saturated carbocycles. The van der Waals surface area contributed by atoms with Crippen molar-refractivity contribution in [3.8, 4) is 0 Å². The average molecular weight is 340 g/mol. The predicted octanol–water partition coefficient (Wildman–Crippen LogP) is 5.55. The van der Waals surface area contributed by atoms with Crippen LogP contribution in [-0.4, -0.2) is 5.25 Å². The Morgan fingerprint density at radius 2 is 2.00 bits per heavy atom. The third kappa shape index (κ3) is 2.60. The lowest BCUT2D eigenvalue weighted by Crippen LogP contribution is -2.18. The minimum Gasteiger partial charge on any atom is -0.378 e. The number of nitrogens with one attached hydrogen (secondary N) is 1. The molecule has 0 radical (unpaired) electrons. The van der Waals surface area contributed by atoms with Gasteiger partial charge in [-0.1, -0.05) is 22.9 Å². The standard InChI is InChI=1S/C14H14BrNS2/c1-9-8-13(12-6-7-17-14(12)18-9)16-11-4-2-10(15)3-5-11/h2-7,9,13,16H,8H2,1H3/t9-,13?/m0/s1. The zero-order chi connectivity index (χ0) is 12.5. The first-order chi connectivity index (χ1) is 8.72. The molecule has 1 aromatic carbocycles. The lowest BCUT2D eigenvalue weighted by molar-refractivity contribution is 0.670. The minimum atomic E-state index is 0.448. The van der Waals surface area contributed by atoms with Gasteiger partial charge in [-0.3, -0.25) is 0 Å². The van der Waals surface area contributed by atoms with Gasteiger partial charge >= 0.3 is 0 Å². The van der Waals surface area contributed by atoms with Gasteiger partial charge in [-0.2, -0.15) is 0 Å². The summed E-state index contributed by atoms with van der Waals surface area (Å²) in [4.78, 5) is 0. The van der Waals surface area contributed by atoms with Gasteiger partial charge < -0.3 is 5.32 Å². The molecule has 1 aromatic heterocycles. The van der Waals surface area contributed by atoms with Gasteiger partial charge in [-0.05, 0) is 47.7 Å². The minimum absolute atomic E-state index is 0.448. The Hall–Kier alpha value is -0.450. The van der Waals surface area contributed by atoms with Crippen LogP contribution in [0, 0.1) is 0 Å². The maximum Gasteiger partial charge on any atom is 0.0653 e. The smallest absolute Gasteiger partial charge is 0.0653 e. The summed E-state index contributed by atoms with van der Waals surface area (Å²) in [5.41, 5.74) is 2.66. The van der Waals surface area contributed by atoms with Crippen LogP contribution < -0.4 is 5.32 Å². The zero-order valence-electron chi connectivity index (χ0n) is 10.0. The van der Waals surface area contributed by atoms with Crippen LogP contribution in [-0.2, 0) is 0 Å². The van der Waals surface area contributed by atoms with E-state index < -0.39 is 0 Å². The molecular weight excluding hydrogens is 326 g/mol. The van der Waals surface area contributed by atoms with Crippen LogP contribution in [0.5, 0.6) is 0 Å². The van der Waals surface area contributed by atoms with Crippen molar-refractivity contribution in [3.63, 3.8) is 0 Å². The highest BCUT2D eigenvalue weighted by atomic mass is 79.9. The SMILES string of the molecule is C[C@H]1CC(Nc2ccc(Br)cc2)c2ccsc2S1. The van der Waals surface area contributed by atoms with Crippen molar-refractivity contribution in [2.24, 2.45) is 0 Å². The van der Waals surface area contributed by atoms with Gasteiger partial charge in [0.15, 0.2) is 0 Å². The van der Waals surface area contributed by atoms with Gasteiger partial charge in [0.25, 0.3) is 0 Å². The highest BCUT2D eigenvalue weighted by Crippen LogP contribution is 2.44. The maximum absolute atomic E-state index is 3.65. The molecule has 1 N–H and O–H groups in total. The van der Waals surface area contributed by atoms with Gasteiger partial charge in [-0.15, -0.1) is 23.1 Å². The molecule has 0 spiro atoms. The van der Waals surface area contributed by atoms with Crippen LogP contribution in [0.3, 0.4) is 0 Å². The van der Waals surface area contributed by atoms with E-state index in [0.29, 0.717) is 11.3 Å². The summed E-state index contributed by atoms with van der Waals surface area (Å²) >= 11 is 7.34. The maximum atomic E-state index is 3.65. The van der Waals surface area contributed by atoms with E-state index in [9.17, 15) is 0 Å². The number of benzene rings is 1. The Morgan fingerprint density at radius 1 is 1.22 bits per heavy atom. The van der Waals surface area contributed by atoms with Crippen LogP contribution in [0.4, 0.5) is 5.69 Å². The topological polar surface area (TPSA) is 12.0 Å². The molecule has 0 aliphatic carbocycles. The first-order valence-corrected chi connectivity index (χ1v) is 8.54. The summed E-state index contributed by atoms with van der Waals surface area (Å²) in [7, 11) is 0.